The van der Waals surface area contributed by atoms with Gasteiger partial charge in [0, 0.05) is 12.5 Å². The van der Waals surface area contributed by atoms with Gasteiger partial charge in [0.1, 0.15) is 0 Å². The minimum atomic E-state index is -0.781. The summed E-state index contributed by atoms with van der Waals surface area (Å²) in [6, 6.07) is 6.20. The largest absolute Gasteiger partial charge is 0.481 e. The molecule has 0 saturated carbocycles. The van der Waals surface area contributed by atoms with Crippen LogP contribution in [0.4, 0.5) is 0 Å². The molecule has 1 unspecified atom stereocenters. The van der Waals surface area contributed by atoms with Crippen molar-refractivity contribution in [1.29, 1.82) is 0 Å². The number of hydrogen-bond donors (Lipinski definition) is 2. The van der Waals surface area contributed by atoms with Crippen molar-refractivity contribution < 1.29 is 9.90 Å². The average Bonchev–Trinajstić information content (AvgIpc) is 2.20. The first-order valence-electron chi connectivity index (χ1n) is 5.52. The third kappa shape index (κ3) is 4.03. The topological polar surface area (TPSA) is 63.3 Å². The molecule has 0 amide bonds. The van der Waals surface area contributed by atoms with Crippen LogP contribution in [0.5, 0.6) is 0 Å². The van der Waals surface area contributed by atoms with Crippen LogP contribution in [0.3, 0.4) is 0 Å². The van der Waals surface area contributed by atoms with E-state index in [4.69, 9.17) is 10.8 Å². The van der Waals surface area contributed by atoms with Crippen molar-refractivity contribution in [2.75, 3.05) is 0 Å². The fourth-order valence-corrected chi connectivity index (χ4v) is 1.71. The zero-order valence-corrected chi connectivity index (χ0v) is 9.86. The molecule has 0 heterocycles. The lowest BCUT2D eigenvalue weighted by Gasteiger charge is -2.13. The van der Waals surface area contributed by atoms with Crippen LogP contribution in [0.2, 0.25) is 0 Å². The molecule has 0 fully saturated rings. The highest BCUT2D eigenvalue weighted by atomic mass is 16.4. The van der Waals surface area contributed by atoms with E-state index in [2.05, 4.69) is 25.1 Å². The Morgan fingerprint density at radius 2 is 2.12 bits per heavy atom. The van der Waals surface area contributed by atoms with E-state index in [9.17, 15) is 4.79 Å². The van der Waals surface area contributed by atoms with E-state index < -0.39 is 5.97 Å². The summed E-state index contributed by atoms with van der Waals surface area (Å²) < 4.78 is 0. The van der Waals surface area contributed by atoms with Crippen molar-refractivity contribution in [2.45, 2.75) is 39.2 Å². The molecule has 3 N–H and O–H groups in total. The Bertz CT molecular complexity index is 374. The Morgan fingerprint density at radius 3 is 2.75 bits per heavy atom. The summed E-state index contributed by atoms with van der Waals surface area (Å²) in [4.78, 5) is 10.4. The second kappa shape index (κ2) is 5.66. The van der Waals surface area contributed by atoms with Crippen molar-refractivity contribution in [2.24, 2.45) is 5.73 Å². The maximum absolute atomic E-state index is 10.4. The van der Waals surface area contributed by atoms with E-state index in [1.165, 1.54) is 16.7 Å². The number of aryl methyl sites for hydroxylation is 2. The van der Waals surface area contributed by atoms with Crippen LogP contribution in [0.25, 0.3) is 0 Å². The summed E-state index contributed by atoms with van der Waals surface area (Å²) in [5.41, 5.74) is 9.56. The lowest BCUT2D eigenvalue weighted by Crippen LogP contribution is -2.24. The third-order valence-electron chi connectivity index (χ3n) is 2.72. The second-order valence-corrected chi connectivity index (χ2v) is 4.33. The molecule has 0 aromatic heterocycles. The molecule has 0 aliphatic rings. The molecule has 1 aromatic carbocycles. The van der Waals surface area contributed by atoms with E-state index in [-0.39, 0.29) is 12.5 Å². The maximum Gasteiger partial charge on any atom is 0.303 e. The van der Waals surface area contributed by atoms with Gasteiger partial charge >= 0.3 is 5.97 Å². The van der Waals surface area contributed by atoms with Gasteiger partial charge in [0.05, 0.1) is 0 Å². The molecule has 0 spiro atoms. The van der Waals surface area contributed by atoms with Gasteiger partial charge in [-0.2, -0.15) is 0 Å². The smallest absolute Gasteiger partial charge is 0.303 e. The van der Waals surface area contributed by atoms with Crippen LogP contribution in [-0.2, 0) is 11.2 Å². The molecule has 1 rings (SSSR count). The highest BCUT2D eigenvalue weighted by molar-refractivity contribution is 5.66. The van der Waals surface area contributed by atoms with Gasteiger partial charge in [0.15, 0.2) is 0 Å². The van der Waals surface area contributed by atoms with E-state index in [1.54, 1.807) is 0 Å². The van der Waals surface area contributed by atoms with Gasteiger partial charge < -0.3 is 10.8 Å². The fourth-order valence-electron chi connectivity index (χ4n) is 1.71. The third-order valence-corrected chi connectivity index (χ3v) is 2.72. The van der Waals surface area contributed by atoms with Crippen molar-refractivity contribution in [1.82, 2.24) is 0 Å². The summed E-state index contributed by atoms with van der Waals surface area (Å²) in [7, 11) is 0. The molecule has 1 atom stereocenters. The number of carbonyl (C=O) groups is 1. The van der Waals surface area contributed by atoms with Crippen LogP contribution in [0.15, 0.2) is 18.2 Å². The summed E-state index contributed by atoms with van der Waals surface area (Å²) in [5, 5.41) is 8.57. The number of carboxylic acids is 1. The van der Waals surface area contributed by atoms with Crippen LogP contribution in [-0.4, -0.2) is 17.1 Å². The van der Waals surface area contributed by atoms with Gasteiger partial charge in [-0.1, -0.05) is 23.8 Å². The summed E-state index contributed by atoms with van der Waals surface area (Å²) >= 11 is 0. The van der Waals surface area contributed by atoms with Crippen LogP contribution < -0.4 is 5.73 Å². The molecule has 3 heteroatoms. The molecular formula is C13H19NO2. The molecule has 0 saturated heterocycles. The van der Waals surface area contributed by atoms with Gasteiger partial charge in [0.2, 0.25) is 0 Å². The van der Waals surface area contributed by atoms with Crippen LogP contribution in [0, 0.1) is 13.8 Å². The first kappa shape index (κ1) is 12.7. The Hall–Kier alpha value is -1.35. The number of aliphatic carboxylic acids is 1. The number of rotatable bonds is 5. The number of carboxylic acid groups (broad SMARTS) is 1. The first-order valence-corrected chi connectivity index (χ1v) is 5.52. The Balaban J connectivity index is 2.58. The molecule has 3 nitrogen and oxygen atoms in total. The Labute approximate surface area is 96.3 Å². The van der Waals surface area contributed by atoms with Crippen molar-refractivity contribution in [3.63, 3.8) is 0 Å². The monoisotopic (exact) mass is 221 g/mol. The number of hydrogen-bond acceptors (Lipinski definition) is 2. The normalized spacial score (nSPS) is 12.4. The standard InChI is InChI=1S/C13H19NO2/c1-9-3-4-10(2)11(7-9)8-12(14)5-6-13(15)16/h3-4,7,12H,5-6,8,14H2,1-2H3,(H,15,16). The average molecular weight is 221 g/mol. The van der Waals surface area contributed by atoms with E-state index >= 15 is 0 Å². The maximum atomic E-state index is 10.4. The highest BCUT2D eigenvalue weighted by Crippen LogP contribution is 2.13. The molecule has 88 valence electrons. The number of nitrogens with two attached hydrogens (primary N) is 1. The molecular weight excluding hydrogens is 202 g/mol. The molecule has 0 aliphatic heterocycles. The van der Waals surface area contributed by atoms with Crippen molar-refractivity contribution in [3.05, 3.63) is 34.9 Å². The van der Waals surface area contributed by atoms with Gasteiger partial charge in [-0.05, 0) is 37.8 Å². The summed E-state index contributed by atoms with van der Waals surface area (Å²) in [6.07, 6.45) is 1.43. The summed E-state index contributed by atoms with van der Waals surface area (Å²) in [5.74, 6) is -0.781. The first-order chi connectivity index (χ1) is 7.49. The predicted molar refractivity (Wildman–Crippen MR) is 64.5 cm³/mol. The molecule has 0 aliphatic carbocycles. The van der Waals surface area contributed by atoms with Crippen molar-refractivity contribution >= 4 is 5.97 Å². The number of benzene rings is 1. The van der Waals surface area contributed by atoms with Crippen LogP contribution >= 0.6 is 0 Å². The van der Waals surface area contributed by atoms with Gasteiger partial charge in [-0.15, -0.1) is 0 Å². The van der Waals surface area contributed by atoms with Crippen LogP contribution in [0.1, 0.15) is 29.5 Å². The fraction of sp³-hybridized carbons (Fsp3) is 0.462. The van der Waals surface area contributed by atoms with Gasteiger partial charge in [-0.25, -0.2) is 0 Å². The predicted octanol–water partition coefficient (Wildman–Crippen LogP) is 2.04. The second-order valence-electron chi connectivity index (χ2n) is 4.33. The zero-order chi connectivity index (χ0) is 12.1. The van der Waals surface area contributed by atoms with Crippen molar-refractivity contribution in [3.8, 4) is 0 Å². The molecule has 16 heavy (non-hydrogen) atoms. The van der Waals surface area contributed by atoms with Gasteiger partial charge in [0.25, 0.3) is 0 Å². The Kier molecular flexibility index (Phi) is 4.50. The lowest BCUT2D eigenvalue weighted by atomic mass is 9.97. The van der Waals surface area contributed by atoms with E-state index in [1.807, 2.05) is 6.92 Å². The highest BCUT2D eigenvalue weighted by Gasteiger charge is 2.08. The van der Waals surface area contributed by atoms with E-state index in [0.29, 0.717) is 6.42 Å². The Morgan fingerprint density at radius 1 is 1.44 bits per heavy atom. The minimum Gasteiger partial charge on any atom is -0.481 e. The molecule has 0 bridgehead atoms. The molecule has 1 aromatic rings. The van der Waals surface area contributed by atoms with Gasteiger partial charge in [-0.3, -0.25) is 4.79 Å². The molecule has 0 radical (unpaired) electrons. The lowest BCUT2D eigenvalue weighted by molar-refractivity contribution is -0.137. The SMILES string of the molecule is Cc1ccc(C)c(CC(N)CCC(=O)O)c1. The quantitative estimate of drug-likeness (QED) is 0.799. The zero-order valence-electron chi connectivity index (χ0n) is 9.86. The minimum absolute atomic E-state index is 0.0726. The van der Waals surface area contributed by atoms with E-state index in [0.717, 1.165) is 6.42 Å². The summed E-state index contributed by atoms with van der Waals surface area (Å²) in [6.45, 7) is 4.10.